The summed E-state index contributed by atoms with van der Waals surface area (Å²) in [5.74, 6) is 0. The van der Waals surface area contributed by atoms with E-state index in [2.05, 4.69) is 31.9 Å². The van der Waals surface area contributed by atoms with E-state index in [0.29, 0.717) is 0 Å². The van der Waals surface area contributed by atoms with Gasteiger partial charge in [0.05, 0.1) is 28.7 Å². The van der Waals surface area contributed by atoms with Crippen molar-refractivity contribution in [1.29, 1.82) is 0 Å². The predicted octanol–water partition coefficient (Wildman–Crippen LogP) is 3.45. The summed E-state index contributed by atoms with van der Waals surface area (Å²) in [6, 6.07) is 8.17. The van der Waals surface area contributed by atoms with Crippen molar-refractivity contribution in [1.82, 2.24) is 15.2 Å². The molecule has 0 bridgehead atoms. The summed E-state index contributed by atoms with van der Waals surface area (Å²) < 4.78 is 0. The number of H-pyrrole nitrogens is 1. The molecule has 2 N–H and O–H groups in total. The van der Waals surface area contributed by atoms with Crippen LogP contribution >= 0.6 is 11.3 Å². The number of nitrogens with zero attached hydrogens (tertiary/aromatic N) is 2. The molecule has 0 atom stereocenters. The molecule has 3 rings (SSSR count). The SMILES string of the molecule is Cc1ccc(NCc2cn[nH]c2-c2cccs2)cn1. The van der Waals surface area contributed by atoms with Crippen LogP contribution < -0.4 is 5.32 Å². The third-order valence-corrected chi connectivity index (χ3v) is 3.77. The first-order chi connectivity index (χ1) is 9.33. The summed E-state index contributed by atoms with van der Waals surface area (Å²) in [4.78, 5) is 5.47. The molecular weight excluding hydrogens is 256 g/mol. The molecule has 0 saturated heterocycles. The number of hydrogen-bond donors (Lipinski definition) is 2. The van der Waals surface area contributed by atoms with Gasteiger partial charge in [-0.2, -0.15) is 5.10 Å². The Morgan fingerprint density at radius 1 is 1.26 bits per heavy atom. The molecule has 0 saturated carbocycles. The highest BCUT2D eigenvalue weighted by atomic mass is 32.1. The second kappa shape index (κ2) is 5.24. The van der Waals surface area contributed by atoms with Gasteiger partial charge < -0.3 is 5.32 Å². The third kappa shape index (κ3) is 2.66. The van der Waals surface area contributed by atoms with Crippen LogP contribution in [0.25, 0.3) is 10.6 Å². The van der Waals surface area contributed by atoms with E-state index in [1.54, 1.807) is 11.3 Å². The van der Waals surface area contributed by atoms with Crippen LogP contribution in [-0.2, 0) is 6.54 Å². The summed E-state index contributed by atoms with van der Waals surface area (Å²) in [6.07, 6.45) is 3.71. The predicted molar refractivity (Wildman–Crippen MR) is 78.2 cm³/mol. The molecule has 3 aromatic rings. The summed E-state index contributed by atoms with van der Waals surface area (Å²) in [6.45, 7) is 2.71. The van der Waals surface area contributed by atoms with Gasteiger partial charge in [-0.15, -0.1) is 11.3 Å². The van der Waals surface area contributed by atoms with Crippen molar-refractivity contribution in [3.8, 4) is 10.6 Å². The minimum Gasteiger partial charge on any atom is -0.380 e. The van der Waals surface area contributed by atoms with Gasteiger partial charge in [-0.05, 0) is 30.5 Å². The highest BCUT2D eigenvalue weighted by molar-refractivity contribution is 7.13. The lowest BCUT2D eigenvalue weighted by Crippen LogP contribution is -2.00. The van der Waals surface area contributed by atoms with E-state index in [4.69, 9.17) is 0 Å². The van der Waals surface area contributed by atoms with Gasteiger partial charge in [-0.3, -0.25) is 10.1 Å². The lowest BCUT2D eigenvalue weighted by Gasteiger charge is -2.06. The van der Waals surface area contributed by atoms with E-state index in [0.717, 1.165) is 29.2 Å². The smallest absolute Gasteiger partial charge is 0.0799 e. The van der Waals surface area contributed by atoms with E-state index < -0.39 is 0 Å². The van der Waals surface area contributed by atoms with Crippen molar-refractivity contribution in [2.45, 2.75) is 13.5 Å². The number of aryl methyl sites for hydroxylation is 1. The average molecular weight is 270 g/mol. The van der Waals surface area contributed by atoms with Gasteiger partial charge in [0, 0.05) is 17.8 Å². The fourth-order valence-electron chi connectivity index (χ4n) is 1.85. The maximum atomic E-state index is 4.27. The van der Waals surface area contributed by atoms with Gasteiger partial charge in [-0.1, -0.05) is 6.07 Å². The van der Waals surface area contributed by atoms with E-state index in [1.807, 2.05) is 37.5 Å². The van der Waals surface area contributed by atoms with Crippen LogP contribution in [0.15, 0.2) is 42.0 Å². The molecule has 3 aromatic heterocycles. The van der Waals surface area contributed by atoms with Crippen LogP contribution in [0.3, 0.4) is 0 Å². The molecule has 96 valence electrons. The van der Waals surface area contributed by atoms with Gasteiger partial charge in [-0.25, -0.2) is 0 Å². The Morgan fingerprint density at radius 2 is 2.21 bits per heavy atom. The van der Waals surface area contributed by atoms with Crippen molar-refractivity contribution >= 4 is 17.0 Å². The highest BCUT2D eigenvalue weighted by Gasteiger charge is 2.08. The summed E-state index contributed by atoms with van der Waals surface area (Å²) in [5.41, 5.74) is 4.28. The topological polar surface area (TPSA) is 53.6 Å². The number of rotatable bonds is 4. The van der Waals surface area contributed by atoms with Crippen LogP contribution in [0.1, 0.15) is 11.3 Å². The largest absolute Gasteiger partial charge is 0.380 e. The molecule has 0 aliphatic rings. The first-order valence-corrected chi connectivity index (χ1v) is 6.93. The Bertz CT molecular complexity index is 640. The first-order valence-electron chi connectivity index (χ1n) is 6.05. The van der Waals surface area contributed by atoms with Crippen LogP contribution in [0.5, 0.6) is 0 Å². The van der Waals surface area contributed by atoms with Crippen LogP contribution in [0.4, 0.5) is 5.69 Å². The van der Waals surface area contributed by atoms with Crippen LogP contribution in [0.2, 0.25) is 0 Å². The maximum Gasteiger partial charge on any atom is 0.0799 e. The Balaban J connectivity index is 1.74. The molecule has 0 spiro atoms. The van der Waals surface area contributed by atoms with Gasteiger partial charge in [0.15, 0.2) is 0 Å². The zero-order valence-corrected chi connectivity index (χ0v) is 11.4. The van der Waals surface area contributed by atoms with Gasteiger partial charge >= 0.3 is 0 Å². The van der Waals surface area contributed by atoms with Crippen LogP contribution in [0, 0.1) is 6.92 Å². The van der Waals surface area contributed by atoms with Gasteiger partial charge in [0.2, 0.25) is 0 Å². The quantitative estimate of drug-likeness (QED) is 0.763. The summed E-state index contributed by atoms with van der Waals surface area (Å²) in [5, 5.41) is 12.6. The van der Waals surface area contributed by atoms with E-state index >= 15 is 0 Å². The fraction of sp³-hybridized carbons (Fsp3) is 0.143. The molecule has 3 heterocycles. The monoisotopic (exact) mass is 270 g/mol. The molecule has 0 aliphatic heterocycles. The fourth-order valence-corrected chi connectivity index (χ4v) is 2.60. The third-order valence-electron chi connectivity index (χ3n) is 2.88. The zero-order chi connectivity index (χ0) is 13.1. The first kappa shape index (κ1) is 11.9. The second-order valence-electron chi connectivity index (χ2n) is 4.29. The molecular formula is C14H14N4S. The number of aromatic nitrogens is 3. The van der Waals surface area contributed by atoms with Crippen molar-refractivity contribution in [3.63, 3.8) is 0 Å². The van der Waals surface area contributed by atoms with E-state index in [1.165, 1.54) is 4.88 Å². The zero-order valence-electron chi connectivity index (χ0n) is 10.6. The molecule has 19 heavy (non-hydrogen) atoms. The Labute approximate surface area is 115 Å². The summed E-state index contributed by atoms with van der Waals surface area (Å²) in [7, 11) is 0. The number of anilines is 1. The molecule has 0 fully saturated rings. The number of pyridine rings is 1. The second-order valence-corrected chi connectivity index (χ2v) is 5.24. The number of nitrogens with one attached hydrogen (secondary N) is 2. The lowest BCUT2D eigenvalue weighted by atomic mass is 10.2. The maximum absolute atomic E-state index is 4.27. The lowest BCUT2D eigenvalue weighted by molar-refractivity contribution is 1.10. The molecule has 0 unspecified atom stereocenters. The molecule has 0 radical (unpaired) electrons. The molecule has 5 heteroatoms. The molecule has 0 amide bonds. The van der Waals surface area contributed by atoms with Gasteiger partial charge in [0.25, 0.3) is 0 Å². The molecule has 4 nitrogen and oxygen atoms in total. The van der Waals surface area contributed by atoms with E-state index in [-0.39, 0.29) is 0 Å². The Kier molecular flexibility index (Phi) is 3.29. The van der Waals surface area contributed by atoms with E-state index in [9.17, 15) is 0 Å². The van der Waals surface area contributed by atoms with Crippen molar-refractivity contribution in [2.24, 2.45) is 0 Å². The molecule has 0 aliphatic carbocycles. The summed E-state index contributed by atoms with van der Waals surface area (Å²) >= 11 is 1.71. The standard InChI is InChI=1S/C14H14N4S/c1-10-4-5-12(9-15-10)16-7-11-8-17-18-14(11)13-3-2-6-19-13/h2-6,8-9,16H,7H2,1H3,(H,17,18). The molecule has 0 aromatic carbocycles. The number of aromatic amines is 1. The van der Waals surface area contributed by atoms with Gasteiger partial charge in [0.1, 0.15) is 0 Å². The highest BCUT2D eigenvalue weighted by Crippen LogP contribution is 2.26. The minimum absolute atomic E-state index is 0.731. The van der Waals surface area contributed by atoms with Crippen LogP contribution in [-0.4, -0.2) is 15.2 Å². The Morgan fingerprint density at radius 3 is 2.95 bits per heavy atom. The van der Waals surface area contributed by atoms with Crippen molar-refractivity contribution in [2.75, 3.05) is 5.32 Å². The minimum atomic E-state index is 0.731. The van der Waals surface area contributed by atoms with Crippen molar-refractivity contribution < 1.29 is 0 Å². The average Bonchev–Trinajstić information content (AvgIpc) is 3.08. The Hall–Kier alpha value is -2.14. The normalized spacial score (nSPS) is 10.6. The van der Waals surface area contributed by atoms with Crippen molar-refractivity contribution in [3.05, 3.63) is 53.3 Å². The number of thiophene rings is 1. The number of hydrogen-bond acceptors (Lipinski definition) is 4.